The lowest BCUT2D eigenvalue weighted by Gasteiger charge is -2.13. The Bertz CT molecular complexity index is 504. The highest BCUT2D eigenvalue weighted by Gasteiger charge is 2.42. The fourth-order valence-corrected chi connectivity index (χ4v) is 2.01. The van der Waals surface area contributed by atoms with Crippen molar-refractivity contribution in [3.8, 4) is 5.75 Å². The minimum absolute atomic E-state index is 0.0946. The third kappa shape index (κ3) is 4.32. The number of ether oxygens (including phenoxy) is 1. The molecular weight excluding hydrogens is 275 g/mol. The van der Waals surface area contributed by atoms with E-state index in [0.29, 0.717) is 18.7 Å². The van der Waals surface area contributed by atoms with Crippen LogP contribution in [0.1, 0.15) is 25.3 Å². The summed E-state index contributed by atoms with van der Waals surface area (Å²) >= 11 is 0. The zero-order valence-electron chi connectivity index (χ0n) is 12.1. The second kappa shape index (κ2) is 6.76. The van der Waals surface area contributed by atoms with E-state index in [0.717, 1.165) is 12.8 Å². The van der Waals surface area contributed by atoms with Crippen LogP contribution in [-0.2, 0) is 6.54 Å². The molecule has 0 radical (unpaired) electrons. The smallest absolute Gasteiger partial charge is 0.315 e. The number of nitrogens with one attached hydrogen (secondary N) is 2. The highest BCUT2D eigenvalue weighted by atomic mass is 19.1. The monoisotopic (exact) mass is 296 g/mol. The fraction of sp³-hybridized carbons (Fsp3) is 0.533. The van der Waals surface area contributed by atoms with Gasteiger partial charge in [-0.25, -0.2) is 9.18 Å². The van der Waals surface area contributed by atoms with Crippen LogP contribution < -0.4 is 15.4 Å². The maximum Gasteiger partial charge on any atom is 0.315 e. The Morgan fingerprint density at radius 1 is 1.43 bits per heavy atom. The molecule has 0 unspecified atom stereocenters. The van der Waals surface area contributed by atoms with Crippen LogP contribution in [0.25, 0.3) is 0 Å². The average Bonchev–Trinajstić information content (AvgIpc) is 3.26. The standard InChI is InChI=1S/C15H21FN2O3/c1-2-21-13-4-3-11(7-12(13)16)8-17-14(20)18-9-15(10-19)5-6-15/h3-4,7,19H,2,5-6,8-10H2,1H3,(H2,17,18,20). The van der Waals surface area contributed by atoms with Crippen molar-refractivity contribution < 1.29 is 19.0 Å². The number of carbonyl (C=O) groups is 1. The quantitative estimate of drug-likeness (QED) is 0.718. The summed E-state index contributed by atoms with van der Waals surface area (Å²) in [6.45, 7) is 2.99. The van der Waals surface area contributed by atoms with Crippen LogP contribution in [0.4, 0.5) is 9.18 Å². The van der Waals surface area contributed by atoms with Gasteiger partial charge in [-0.2, -0.15) is 0 Å². The molecule has 0 bridgehead atoms. The number of aliphatic hydroxyl groups excluding tert-OH is 1. The van der Waals surface area contributed by atoms with E-state index in [4.69, 9.17) is 9.84 Å². The van der Waals surface area contributed by atoms with Crippen LogP contribution >= 0.6 is 0 Å². The number of benzene rings is 1. The summed E-state index contributed by atoms with van der Waals surface area (Å²) in [5, 5.41) is 14.5. The maximum absolute atomic E-state index is 13.6. The van der Waals surface area contributed by atoms with Gasteiger partial charge < -0.3 is 20.5 Å². The zero-order chi connectivity index (χ0) is 15.3. The highest BCUT2D eigenvalue weighted by Crippen LogP contribution is 2.44. The molecule has 6 heteroatoms. The van der Waals surface area contributed by atoms with Crippen LogP contribution in [0.3, 0.4) is 0 Å². The van der Waals surface area contributed by atoms with Crippen molar-refractivity contribution in [2.75, 3.05) is 19.8 Å². The van der Waals surface area contributed by atoms with Gasteiger partial charge >= 0.3 is 6.03 Å². The summed E-state index contributed by atoms with van der Waals surface area (Å²) in [4.78, 5) is 11.6. The molecule has 1 aliphatic carbocycles. The van der Waals surface area contributed by atoms with Gasteiger partial charge in [-0.1, -0.05) is 6.07 Å². The van der Waals surface area contributed by atoms with Crippen LogP contribution in [0.15, 0.2) is 18.2 Å². The third-order valence-electron chi connectivity index (χ3n) is 3.67. The topological polar surface area (TPSA) is 70.6 Å². The summed E-state index contributed by atoms with van der Waals surface area (Å²) < 4.78 is 18.8. The molecule has 21 heavy (non-hydrogen) atoms. The van der Waals surface area contributed by atoms with Gasteiger partial charge in [0.15, 0.2) is 11.6 Å². The Morgan fingerprint density at radius 3 is 2.76 bits per heavy atom. The third-order valence-corrected chi connectivity index (χ3v) is 3.67. The Morgan fingerprint density at radius 2 is 2.19 bits per heavy atom. The van der Waals surface area contributed by atoms with Crippen molar-refractivity contribution in [3.63, 3.8) is 0 Å². The largest absolute Gasteiger partial charge is 0.491 e. The minimum atomic E-state index is -0.436. The van der Waals surface area contributed by atoms with E-state index in [1.165, 1.54) is 6.07 Å². The molecule has 1 aromatic rings. The van der Waals surface area contributed by atoms with E-state index in [9.17, 15) is 9.18 Å². The molecule has 5 nitrogen and oxygen atoms in total. The molecule has 1 aromatic carbocycles. The van der Waals surface area contributed by atoms with E-state index < -0.39 is 5.82 Å². The molecule has 0 spiro atoms. The van der Waals surface area contributed by atoms with Crippen LogP contribution in [-0.4, -0.2) is 30.9 Å². The van der Waals surface area contributed by atoms with Crippen molar-refractivity contribution in [2.45, 2.75) is 26.3 Å². The summed E-state index contributed by atoms with van der Waals surface area (Å²) in [6.07, 6.45) is 1.88. The molecule has 1 fully saturated rings. The van der Waals surface area contributed by atoms with E-state index >= 15 is 0 Å². The van der Waals surface area contributed by atoms with Crippen molar-refractivity contribution in [1.29, 1.82) is 0 Å². The van der Waals surface area contributed by atoms with Gasteiger partial charge in [0, 0.05) is 18.5 Å². The number of hydrogen-bond acceptors (Lipinski definition) is 3. The molecule has 3 N–H and O–H groups in total. The molecule has 0 saturated heterocycles. The number of carbonyl (C=O) groups excluding carboxylic acids is 1. The SMILES string of the molecule is CCOc1ccc(CNC(=O)NCC2(CO)CC2)cc1F. The molecule has 1 saturated carbocycles. The van der Waals surface area contributed by atoms with Crippen molar-refractivity contribution in [2.24, 2.45) is 5.41 Å². The summed E-state index contributed by atoms with van der Waals surface area (Å²) in [5.41, 5.74) is 0.539. The van der Waals surface area contributed by atoms with Gasteiger partial charge in [0.2, 0.25) is 0 Å². The van der Waals surface area contributed by atoms with Crippen LogP contribution in [0.5, 0.6) is 5.75 Å². The highest BCUT2D eigenvalue weighted by molar-refractivity contribution is 5.73. The second-order valence-corrected chi connectivity index (χ2v) is 5.39. The predicted octanol–water partition coefficient (Wildman–Crippen LogP) is 1.80. The van der Waals surface area contributed by atoms with E-state index in [1.807, 2.05) is 0 Å². The number of aliphatic hydroxyl groups is 1. The first-order valence-corrected chi connectivity index (χ1v) is 7.12. The molecular formula is C15H21FN2O3. The molecule has 2 rings (SSSR count). The van der Waals surface area contributed by atoms with Crippen molar-refractivity contribution >= 4 is 6.03 Å². The first-order valence-electron chi connectivity index (χ1n) is 7.12. The average molecular weight is 296 g/mol. The zero-order valence-corrected chi connectivity index (χ0v) is 12.1. The summed E-state index contributed by atoms with van der Waals surface area (Å²) in [6, 6.07) is 4.30. The minimum Gasteiger partial charge on any atom is -0.491 e. The number of halogens is 1. The normalized spacial score (nSPS) is 15.4. The number of hydrogen-bond donors (Lipinski definition) is 3. The van der Waals surface area contributed by atoms with Gasteiger partial charge in [0.1, 0.15) is 0 Å². The van der Waals surface area contributed by atoms with Gasteiger partial charge in [0.05, 0.1) is 13.2 Å². The molecule has 116 valence electrons. The molecule has 0 heterocycles. The van der Waals surface area contributed by atoms with Crippen molar-refractivity contribution in [1.82, 2.24) is 10.6 Å². The molecule has 0 aromatic heterocycles. The fourth-order valence-electron chi connectivity index (χ4n) is 2.01. The Balaban J connectivity index is 1.77. The number of rotatable bonds is 7. The molecule has 2 amide bonds. The Hall–Kier alpha value is -1.82. The van der Waals surface area contributed by atoms with Crippen LogP contribution in [0, 0.1) is 11.2 Å². The molecule has 1 aliphatic rings. The van der Waals surface area contributed by atoms with Crippen LogP contribution in [0.2, 0.25) is 0 Å². The summed E-state index contributed by atoms with van der Waals surface area (Å²) in [7, 11) is 0. The van der Waals surface area contributed by atoms with E-state index in [1.54, 1.807) is 19.1 Å². The lowest BCUT2D eigenvalue weighted by Crippen LogP contribution is -2.39. The predicted molar refractivity (Wildman–Crippen MR) is 76.6 cm³/mol. The van der Waals surface area contributed by atoms with E-state index in [-0.39, 0.29) is 30.3 Å². The lowest BCUT2D eigenvalue weighted by atomic mass is 10.1. The first-order chi connectivity index (χ1) is 10.1. The van der Waals surface area contributed by atoms with Gasteiger partial charge in [-0.05, 0) is 37.5 Å². The van der Waals surface area contributed by atoms with E-state index in [2.05, 4.69) is 10.6 Å². The number of amides is 2. The van der Waals surface area contributed by atoms with Gasteiger partial charge in [-0.3, -0.25) is 0 Å². The molecule has 0 aliphatic heterocycles. The first kappa shape index (κ1) is 15.6. The summed E-state index contributed by atoms with van der Waals surface area (Å²) in [5.74, 6) is -0.224. The lowest BCUT2D eigenvalue weighted by molar-refractivity contribution is 0.203. The maximum atomic E-state index is 13.6. The number of urea groups is 1. The Kier molecular flexibility index (Phi) is 5.01. The van der Waals surface area contributed by atoms with Gasteiger partial charge in [-0.15, -0.1) is 0 Å². The van der Waals surface area contributed by atoms with Gasteiger partial charge in [0.25, 0.3) is 0 Å². The Labute approximate surface area is 123 Å². The van der Waals surface area contributed by atoms with Crippen molar-refractivity contribution in [3.05, 3.63) is 29.6 Å². The molecule has 0 atom stereocenters. The second-order valence-electron chi connectivity index (χ2n) is 5.39.